The van der Waals surface area contributed by atoms with E-state index in [9.17, 15) is 13.2 Å². The number of hydrogen-bond acceptors (Lipinski definition) is 4. The molecule has 4 rings (SSSR count). The molecule has 0 aliphatic heterocycles. The van der Waals surface area contributed by atoms with E-state index in [0.29, 0.717) is 22.7 Å². The molecule has 0 aromatic heterocycles. The Bertz CT molecular complexity index is 1250. The molecular formula is C24H24N2O4S. The van der Waals surface area contributed by atoms with E-state index in [1.54, 1.807) is 30.3 Å². The number of ether oxygens (including phenoxy) is 1. The molecule has 1 aliphatic rings. The summed E-state index contributed by atoms with van der Waals surface area (Å²) in [6.07, 6.45) is 3.14. The van der Waals surface area contributed by atoms with Gasteiger partial charge in [-0.25, -0.2) is 8.42 Å². The average Bonchev–Trinajstić information content (AvgIpc) is 3.23. The lowest BCUT2D eigenvalue weighted by Gasteiger charge is -2.14. The molecule has 0 saturated carbocycles. The standard InChI is InChI=1S/C24H24N2O4S/c1-16-10-13-20(31(28,29)26-21-8-3-4-9-23(21)30-2)15-22(16)25-24(27)19-12-11-17-6-5-7-18(17)14-19/h3-4,8-15,26H,5-7H2,1-2H3,(H,25,27). The smallest absolute Gasteiger partial charge is 0.262 e. The van der Waals surface area contributed by atoms with Gasteiger partial charge in [0.05, 0.1) is 17.7 Å². The second kappa shape index (κ2) is 8.43. The van der Waals surface area contributed by atoms with Crippen LogP contribution >= 0.6 is 0 Å². The molecule has 160 valence electrons. The van der Waals surface area contributed by atoms with Crippen molar-refractivity contribution in [2.45, 2.75) is 31.1 Å². The Kier molecular flexibility index (Phi) is 5.69. The number of rotatable bonds is 6. The Hall–Kier alpha value is -3.32. The van der Waals surface area contributed by atoms with Crippen LogP contribution in [0.5, 0.6) is 5.75 Å². The fourth-order valence-electron chi connectivity index (χ4n) is 3.74. The van der Waals surface area contributed by atoms with Crippen molar-refractivity contribution in [1.82, 2.24) is 0 Å². The minimum Gasteiger partial charge on any atom is -0.495 e. The van der Waals surface area contributed by atoms with Crippen molar-refractivity contribution in [2.75, 3.05) is 17.1 Å². The zero-order chi connectivity index (χ0) is 22.0. The maximum atomic E-state index is 12.9. The number of hydrogen-bond donors (Lipinski definition) is 2. The summed E-state index contributed by atoms with van der Waals surface area (Å²) in [5.74, 6) is 0.161. The number of anilines is 2. The monoisotopic (exact) mass is 436 g/mol. The van der Waals surface area contributed by atoms with Crippen LogP contribution in [-0.4, -0.2) is 21.4 Å². The molecule has 3 aromatic rings. The summed E-state index contributed by atoms with van der Waals surface area (Å²) in [6.45, 7) is 1.82. The summed E-state index contributed by atoms with van der Waals surface area (Å²) in [5.41, 5.74) is 4.64. The molecule has 0 fully saturated rings. The zero-order valence-corrected chi connectivity index (χ0v) is 18.3. The Morgan fingerprint density at radius 2 is 1.71 bits per heavy atom. The fraction of sp³-hybridized carbons (Fsp3) is 0.208. The van der Waals surface area contributed by atoms with Crippen LogP contribution in [0.25, 0.3) is 0 Å². The quantitative estimate of drug-likeness (QED) is 0.594. The van der Waals surface area contributed by atoms with Crippen LogP contribution in [0, 0.1) is 6.92 Å². The Labute approximate surface area is 182 Å². The van der Waals surface area contributed by atoms with E-state index in [-0.39, 0.29) is 10.8 Å². The van der Waals surface area contributed by atoms with Gasteiger partial charge in [0, 0.05) is 11.3 Å². The first kappa shape index (κ1) is 20.9. The van der Waals surface area contributed by atoms with Gasteiger partial charge in [-0.15, -0.1) is 0 Å². The summed E-state index contributed by atoms with van der Waals surface area (Å²) < 4.78 is 33.6. The van der Waals surface area contributed by atoms with Crippen molar-refractivity contribution in [3.05, 3.63) is 82.9 Å². The third kappa shape index (κ3) is 4.41. The first-order chi connectivity index (χ1) is 14.9. The Morgan fingerprint density at radius 3 is 2.52 bits per heavy atom. The van der Waals surface area contributed by atoms with Gasteiger partial charge < -0.3 is 10.1 Å². The van der Waals surface area contributed by atoms with E-state index < -0.39 is 10.0 Å². The minimum absolute atomic E-state index is 0.0493. The summed E-state index contributed by atoms with van der Waals surface area (Å²) in [5, 5.41) is 2.86. The number of methoxy groups -OCH3 is 1. The zero-order valence-electron chi connectivity index (χ0n) is 17.4. The topological polar surface area (TPSA) is 84.5 Å². The molecule has 0 spiro atoms. The van der Waals surface area contributed by atoms with Gasteiger partial charge in [-0.05, 0) is 79.3 Å². The highest BCUT2D eigenvalue weighted by Crippen LogP contribution is 2.28. The van der Waals surface area contributed by atoms with Crippen LogP contribution in [0.2, 0.25) is 0 Å². The van der Waals surface area contributed by atoms with E-state index in [1.807, 2.05) is 25.1 Å². The van der Waals surface area contributed by atoms with E-state index in [0.717, 1.165) is 24.8 Å². The molecule has 31 heavy (non-hydrogen) atoms. The molecule has 3 aromatic carbocycles. The van der Waals surface area contributed by atoms with E-state index in [4.69, 9.17) is 4.74 Å². The van der Waals surface area contributed by atoms with Crippen LogP contribution in [0.15, 0.2) is 65.6 Å². The molecule has 0 bridgehead atoms. The summed E-state index contributed by atoms with van der Waals surface area (Å²) in [7, 11) is -2.40. The molecule has 0 radical (unpaired) electrons. The number of carbonyl (C=O) groups is 1. The normalized spacial score (nSPS) is 12.8. The maximum absolute atomic E-state index is 12.9. The van der Waals surface area contributed by atoms with Crippen molar-refractivity contribution in [3.8, 4) is 5.75 Å². The Morgan fingerprint density at radius 1 is 0.935 bits per heavy atom. The molecule has 1 aliphatic carbocycles. The van der Waals surface area contributed by atoms with Crippen LogP contribution in [0.1, 0.15) is 33.5 Å². The second-order valence-electron chi connectivity index (χ2n) is 7.57. The van der Waals surface area contributed by atoms with Gasteiger partial charge in [0.25, 0.3) is 15.9 Å². The van der Waals surface area contributed by atoms with Gasteiger partial charge in [0.15, 0.2) is 0 Å². The van der Waals surface area contributed by atoms with Crippen LogP contribution < -0.4 is 14.8 Å². The minimum atomic E-state index is -3.87. The molecule has 0 saturated heterocycles. The summed E-state index contributed by atoms with van der Waals surface area (Å²) >= 11 is 0. The van der Waals surface area contributed by atoms with Crippen molar-refractivity contribution in [2.24, 2.45) is 0 Å². The molecule has 0 unspecified atom stereocenters. The van der Waals surface area contributed by atoms with Gasteiger partial charge in [-0.3, -0.25) is 9.52 Å². The molecule has 1 amide bonds. The maximum Gasteiger partial charge on any atom is 0.262 e. The van der Waals surface area contributed by atoms with Crippen LogP contribution in [0.4, 0.5) is 11.4 Å². The average molecular weight is 437 g/mol. The highest BCUT2D eigenvalue weighted by Gasteiger charge is 2.19. The van der Waals surface area contributed by atoms with Gasteiger partial charge in [0.2, 0.25) is 0 Å². The second-order valence-corrected chi connectivity index (χ2v) is 9.26. The number of para-hydroxylation sites is 2. The van der Waals surface area contributed by atoms with Crippen molar-refractivity contribution >= 4 is 27.3 Å². The number of amides is 1. The number of nitrogens with one attached hydrogen (secondary N) is 2. The predicted octanol–water partition coefficient (Wildman–Crippen LogP) is 4.55. The molecule has 6 nitrogen and oxygen atoms in total. The number of sulfonamides is 1. The number of fused-ring (bicyclic) bond motifs is 1. The molecule has 2 N–H and O–H groups in total. The van der Waals surface area contributed by atoms with Crippen molar-refractivity contribution < 1.29 is 17.9 Å². The highest BCUT2D eigenvalue weighted by molar-refractivity contribution is 7.92. The fourth-order valence-corrected chi connectivity index (χ4v) is 4.84. The van der Waals surface area contributed by atoms with E-state index in [2.05, 4.69) is 10.0 Å². The highest BCUT2D eigenvalue weighted by atomic mass is 32.2. The van der Waals surface area contributed by atoms with Gasteiger partial charge in [0.1, 0.15) is 5.75 Å². The van der Waals surface area contributed by atoms with Gasteiger partial charge >= 0.3 is 0 Å². The lowest BCUT2D eigenvalue weighted by molar-refractivity contribution is 0.102. The summed E-state index contributed by atoms with van der Waals surface area (Å²) in [4.78, 5) is 12.9. The van der Waals surface area contributed by atoms with Crippen molar-refractivity contribution in [1.29, 1.82) is 0 Å². The van der Waals surface area contributed by atoms with E-state index >= 15 is 0 Å². The largest absolute Gasteiger partial charge is 0.495 e. The lowest BCUT2D eigenvalue weighted by atomic mass is 10.1. The third-order valence-electron chi connectivity index (χ3n) is 5.48. The van der Waals surface area contributed by atoms with E-state index in [1.165, 1.54) is 30.4 Å². The van der Waals surface area contributed by atoms with Gasteiger partial charge in [-0.2, -0.15) is 0 Å². The molecule has 0 atom stereocenters. The SMILES string of the molecule is COc1ccccc1NS(=O)(=O)c1ccc(C)c(NC(=O)c2ccc3c(c2)CCC3)c1. The molecule has 7 heteroatoms. The summed E-state index contributed by atoms with van der Waals surface area (Å²) in [6, 6.07) is 17.2. The van der Waals surface area contributed by atoms with Crippen LogP contribution in [0.3, 0.4) is 0 Å². The Balaban J connectivity index is 1.58. The van der Waals surface area contributed by atoms with Crippen molar-refractivity contribution in [3.63, 3.8) is 0 Å². The van der Waals surface area contributed by atoms with Gasteiger partial charge in [-0.1, -0.05) is 24.3 Å². The lowest BCUT2D eigenvalue weighted by Crippen LogP contribution is -2.16. The number of benzene rings is 3. The first-order valence-corrected chi connectivity index (χ1v) is 11.6. The number of aryl methyl sites for hydroxylation is 3. The molecule has 0 heterocycles. The van der Waals surface area contributed by atoms with Crippen LogP contribution in [-0.2, 0) is 22.9 Å². The predicted molar refractivity (Wildman–Crippen MR) is 121 cm³/mol. The third-order valence-corrected chi connectivity index (χ3v) is 6.84. The first-order valence-electron chi connectivity index (χ1n) is 10.1. The molecular weight excluding hydrogens is 412 g/mol. The number of carbonyl (C=O) groups excluding carboxylic acids is 1.